The summed E-state index contributed by atoms with van der Waals surface area (Å²) in [6.07, 6.45) is -2.09. The molecule has 0 atom stereocenters. The highest BCUT2D eigenvalue weighted by molar-refractivity contribution is 7.92. The molecule has 1 aromatic carbocycles. The van der Waals surface area contributed by atoms with Gasteiger partial charge in [-0.15, -0.1) is 0 Å². The van der Waals surface area contributed by atoms with Crippen molar-refractivity contribution in [2.45, 2.75) is 19.6 Å². The number of pyridine rings is 1. The second kappa shape index (κ2) is 9.59. The van der Waals surface area contributed by atoms with Crippen molar-refractivity contribution in [1.29, 1.82) is 0 Å². The molecule has 2 aromatic rings. The van der Waals surface area contributed by atoms with E-state index in [2.05, 4.69) is 4.98 Å². The number of hydrogen-bond acceptors (Lipinski definition) is 6. The summed E-state index contributed by atoms with van der Waals surface area (Å²) in [5, 5.41) is 0. The predicted octanol–water partition coefficient (Wildman–Crippen LogP) is 2.92. The van der Waals surface area contributed by atoms with Gasteiger partial charge in [0.05, 0.1) is 18.8 Å². The molecular formula is C18H19F3N2O5S. The lowest BCUT2D eigenvalue weighted by molar-refractivity contribution is -0.145. The second-order valence-electron chi connectivity index (χ2n) is 5.83. The summed E-state index contributed by atoms with van der Waals surface area (Å²) in [5.41, 5.74) is 0.357. The van der Waals surface area contributed by atoms with Gasteiger partial charge < -0.3 is 9.47 Å². The summed E-state index contributed by atoms with van der Waals surface area (Å²) < 4.78 is 74.1. The van der Waals surface area contributed by atoms with Crippen molar-refractivity contribution in [2.24, 2.45) is 0 Å². The van der Waals surface area contributed by atoms with Crippen molar-refractivity contribution in [3.63, 3.8) is 0 Å². The maximum absolute atomic E-state index is 12.8. The third-order valence-electron chi connectivity index (χ3n) is 3.50. The molecule has 1 aromatic heterocycles. The minimum absolute atomic E-state index is 0.0422. The topological polar surface area (TPSA) is 85.8 Å². The first-order valence-corrected chi connectivity index (χ1v) is 10.1. The zero-order chi connectivity index (χ0) is 21.5. The molecule has 0 amide bonds. The number of aromatic nitrogens is 1. The molecule has 2 rings (SSSR count). The van der Waals surface area contributed by atoms with Crippen LogP contribution in [0.1, 0.15) is 12.5 Å². The summed E-state index contributed by atoms with van der Waals surface area (Å²) in [6, 6.07) is 8.52. The van der Waals surface area contributed by atoms with E-state index in [1.165, 1.54) is 36.7 Å². The molecule has 0 aliphatic rings. The molecule has 0 saturated carbocycles. The van der Waals surface area contributed by atoms with E-state index in [0.717, 1.165) is 0 Å². The van der Waals surface area contributed by atoms with E-state index < -0.39 is 34.5 Å². The quantitative estimate of drug-likeness (QED) is 0.567. The van der Waals surface area contributed by atoms with E-state index in [1.54, 1.807) is 19.1 Å². The number of nitrogens with zero attached hydrogens (tertiary/aromatic N) is 2. The SMILES string of the molecule is CCOC(=O)COc1cccc(N(Cc2cccnc2)S(=O)(=O)CC(F)(F)F)c1. The molecule has 158 valence electrons. The molecule has 0 fully saturated rings. The van der Waals surface area contributed by atoms with Gasteiger partial charge in [0.15, 0.2) is 12.4 Å². The van der Waals surface area contributed by atoms with Crippen LogP contribution in [0.2, 0.25) is 0 Å². The Bertz CT molecular complexity index is 921. The minimum atomic E-state index is -4.91. The lowest BCUT2D eigenvalue weighted by Gasteiger charge is -2.25. The first-order valence-electron chi connectivity index (χ1n) is 8.45. The Hall–Kier alpha value is -2.82. The Labute approximate surface area is 166 Å². The Morgan fingerprint density at radius 1 is 1.21 bits per heavy atom. The van der Waals surface area contributed by atoms with Crippen LogP contribution in [0.3, 0.4) is 0 Å². The van der Waals surface area contributed by atoms with Crippen molar-refractivity contribution in [2.75, 3.05) is 23.3 Å². The van der Waals surface area contributed by atoms with E-state index in [0.29, 0.717) is 9.87 Å². The standard InChI is InChI=1S/C18H19F3N2O5S/c1-2-27-17(24)12-28-16-7-3-6-15(9-16)23(11-14-5-4-8-22-10-14)29(25,26)13-18(19,20)21/h3-10H,2,11-13H2,1H3. The van der Waals surface area contributed by atoms with Crippen LogP contribution in [0.15, 0.2) is 48.8 Å². The number of halogens is 3. The van der Waals surface area contributed by atoms with Crippen LogP contribution < -0.4 is 9.04 Å². The molecule has 0 N–H and O–H groups in total. The maximum Gasteiger partial charge on any atom is 0.404 e. The highest BCUT2D eigenvalue weighted by atomic mass is 32.2. The summed E-state index contributed by atoms with van der Waals surface area (Å²) in [7, 11) is -4.75. The van der Waals surface area contributed by atoms with Gasteiger partial charge in [0.25, 0.3) is 0 Å². The number of benzene rings is 1. The Morgan fingerprint density at radius 3 is 2.59 bits per heavy atom. The summed E-state index contributed by atoms with van der Waals surface area (Å²) in [5.74, 6) is -2.54. The van der Waals surface area contributed by atoms with Gasteiger partial charge in [-0.05, 0) is 30.7 Å². The number of rotatable bonds is 9. The van der Waals surface area contributed by atoms with Crippen LogP contribution in [0, 0.1) is 0 Å². The van der Waals surface area contributed by atoms with Gasteiger partial charge in [0, 0.05) is 18.5 Å². The van der Waals surface area contributed by atoms with Gasteiger partial charge in [-0.3, -0.25) is 9.29 Å². The fourth-order valence-corrected chi connectivity index (χ4v) is 3.72. The summed E-state index contributed by atoms with van der Waals surface area (Å²) >= 11 is 0. The van der Waals surface area contributed by atoms with Crippen molar-refractivity contribution >= 4 is 21.7 Å². The number of ether oxygens (including phenoxy) is 2. The summed E-state index contributed by atoms with van der Waals surface area (Å²) in [6.45, 7) is 1.01. The molecule has 1 heterocycles. The second-order valence-corrected chi connectivity index (χ2v) is 7.72. The number of carbonyl (C=O) groups is 1. The van der Waals surface area contributed by atoms with Gasteiger partial charge in [0.1, 0.15) is 5.75 Å². The smallest absolute Gasteiger partial charge is 0.404 e. The zero-order valence-electron chi connectivity index (χ0n) is 15.4. The highest BCUT2D eigenvalue weighted by Gasteiger charge is 2.38. The fourth-order valence-electron chi connectivity index (χ4n) is 2.37. The van der Waals surface area contributed by atoms with Gasteiger partial charge in [0.2, 0.25) is 10.0 Å². The third kappa shape index (κ3) is 7.26. The molecule has 11 heteroatoms. The largest absolute Gasteiger partial charge is 0.482 e. The maximum atomic E-state index is 12.8. The van der Waals surface area contributed by atoms with Gasteiger partial charge in [-0.1, -0.05) is 12.1 Å². The summed E-state index contributed by atoms with van der Waals surface area (Å²) in [4.78, 5) is 15.3. The molecule has 0 aliphatic carbocycles. The molecule has 0 spiro atoms. The van der Waals surface area contributed by atoms with E-state index in [-0.39, 0.29) is 24.6 Å². The monoisotopic (exact) mass is 432 g/mol. The number of carbonyl (C=O) groups excluding carboxylic acids is 1. The van der Waals surface area contributed by atoms with Gasteiger partial charge in [-0.2, -0.15) is 13.2 Å². The number of alkyl halides is 3. The van der Waals surface area contributed by atoms with Crippen molar-refractivity contribution < 1.29 is 35.9 Å². The van der Waals surface area contributed by atoms with Crippen molar-refractivity contribution in [3.8, 4) is 5.75 Å². The first-order chi connectivity index (χ1) is 13.6. The normalized spacial score (nSPS) is 11.7. The Kier molecular flexibility index (Phi) is 7.43. The van der Waals surface area contributed by atoms with E-state index in [1.807, 2.05) is 0 Å². The average Bonchev–Trinajstić information content (AvgIpc) is 2.64. The van der Waals surface area contributed by atoms with Crippen LogP contribution in [0.5, 0.6) is 5.75 Å². The minimum Gasteiger partial charge on any atom is -0.482 e. The Balaban J connectivity index is 2.33. The third-order valence-corrected chi connectivity index (χ3v) is 5.20. The van der Waals surface area contributed by atoms with Crippen LogP contribution in [-0.4, -0.2) is 44.5 Å². The van der Waals surface area contributed by atoms with Crippen LogP contribution >= 0.6 is 0 Å². The number of esters is 1. The van der Waals surface area contributed by atoms with Crippen LogP contribution in [-0.2, 0) is 26.1 Å². The molecule has 0 bridgehead atoms. The molecule has 0 aliphatic heterocycles. The Morgan fingerprint density at radius 2 is 1.97 bits per heavy atom. The zero-order valence-corrected chi connectivity index (χ0v) is 16.2. The first kappa shape index (κ1) is 22.5. The van der Waals surface area contributed by atoms with Crippen molar-refractivity contribution in [3.05, 3.63) is 54.4 Å². The average molecular weight is 432 g/mol. The van der Waals surface area contributed by atoms with E-state index >= 15 is 0 Å². The number of hydrogen-bond donors (Lipinski definition) is 0. The molecular weight excluding hydrogens is 413 g/mol. The fraction of sp³-hybridized carbons (Fsp3) is 0.333. The lowest BCUT2D eigenvalue weighted by atomic mass is 10.2. The number of anilines is 1. The van der Waals surface area contributed by atoms with Gasteiger partial charge >= 0.3 is 12.1 Å². The molecule has 29 heavy (non-hydrogen) atoms. The molecule has 0 unspecified atom stereocenters. The van der Waals surface area contributed by atoms with Crippen LogP contribution in [0.4, 0.5) is 18.9 Å². The molecule has 7 nitrogen and oxygen atoms in total. The van der Waals surface area contributed by atoms with Crippen molar-refractivity contribution in [1.82, 2.24) is 4.98 Å². The van der Waals surface area contributed by atoms with Crippen LogP contribution in [0.25, 0.3) is 0 Å². The number of sulfonamides is 1. The van der Waals surface area contributed by atoms with Gasteiger partial charge in [-0.25, -0.2) is 13.2 Å². The van der Waals surface area contributed by atoms with E-state index in [9.17, 15) is 26.4 Å². The molecule has 0 radical (unpaired) electrons. The highest BCUT2D eigenvalue weighted by Crippen LogP contribution is 2.28. The van der Waals surface area contributed by atoms with E-state index in [4.69, 9.17) is 9.47 Å². The lowest BCUT2D eigenvalue weighted by Crippen LogP contribution is -2.37. The predicted molar refractivity (Wildman–Crippen MR) is 98.8 cm³/mol. The molecule has 0 saturated heterocycles.